The number of ether oxygens (including phenoxy) is 1. The van der Waals surface area contributed by atoms with E-state index in [1.165, 1.54) is 0 Å². The van der Waals surface area contributed by atoms with Crippen molar-refractivity contribution >= 4 is 12.1 Å². The van der Waals surface area contributed by atoms with Crippen LogP contribution in [0, 0.1) is 0 Å². The van der Waals surface area contributed by atoms with Crippen molar-refractivity contribution in [3.05, 3.63) is 53.9 Å². The van der Waals surface area contributed by atoms with Gasteiger partial charge in [-0.15, -0.1) is 0 Å². The summed E-state index contributed by atoms with van der Waals surface area (Å²) in [5.41, 5.74) is 1.55. The Kier molecular flexibility index (Phi) is 5.13. The molecular weight excluding hydrogens is 286 g/mol. The second-order valence-electron chi connectivity index (χ2n) is 4.82. The smallest absolute Gasteiger partial charge is 0.408 e. The van der Waals surface area contributed by atoms with Gasteiger partial charge in [0.1, 0.15) is 12.6 Å². The highest BCUT2D eigenvalue weighted by molar-refractivity contribution is 5.80. The Balaban J connectivity index is 1.87. The Bertz CT molecular complexity index is 639. The number of aliphatic carboxylic acids is 1. The summed E-state index contributed by atoms with van der Waals surface area (Å²) in [5.74, 6) is -1.12. The molecule has 1 atom stereocenters. The van der Waals surface area contributed by atoms with E-state index >= 15 is 0 Å². The molecule has 7 nitrogen and oxygen atoms in total. The minimum absolute atomic E-state index is 0.0892. The number of alkyl carbamates (subject to hydrolysis) is 1. The van der Waals surface area contributed by atoms with Gasteiger partial charge < -0.3 is 15.2 Å². The Labute approximate surface area is 127 Å². The zero-order valence-electron chi connectivity index (χ0n) is 12.1. The number of carbonyl (C=O) groups excluding carboxylic acids is 1. The molecule has 0 radical (unpaired) electrons. The topological polar surface area (TPSA) is 93.5 Å². The van der Waals surface area contributed by atoms with Crippen molar-refractivity contribution in [1.82, 2.24) is 15.1 Å². The number of carbonyl (C=O) groups is 2. The van der Waals surface area contributed by atoms with Gasteiger partial charge in [-0.25, -0.2) is 9.59 Å². The second kappa shape index (κ2) is 7.26. The highest BCUT2D eigenvalue weighted by Crippen LogP contribution is 2.04. The molecule has 2 aromatic rings. The highest BCUT2D eigenvalue weighted by atomic mass is 16.5. The molecule has 1 amide bonds. The lowest BCUT2D eigenvalue weighted by molar-refractivity contribution is -0.139. The SMILES string of the molecule is Cn1cc(C[C@@H](NC(=O)OCc2ccccc2)C(=O)O)cn1. The van der Waals surface area contributed by atoms with E-state index in [9.17, 15) is 14.7 Å². The average molecular weight is 303 g/mol. The third kappa shape index (κ3) is 4.62. The molecule has 1 aromatic heterocycles. The van der Waals surface area contributed by atoms with Gasteiger partial charge >= 0.3 is 12.1 Å². The summed E-state index contributed by atoms with van der Waals surface area (Å²) in [5, 5.41) is 15.5. The van der Waals surface area contributed by atoms with Gasteiger partial charge in [0.25, 0.3) is 0 Å². The molecule has 0 fully saturated rings. The van der Waals surface area contributed by atoms with E-state index in [2.05, 4.69) is 10.4 Å². The van der Waals surface area contributed by atoms with Crippen molar-refractivity contribution in [3.8, 4) is 0 Å². The maximum atomic E-state index is 11.7. The summed E-state index contributed by atoms with van der Waals surface area (Å²) < 4.78 is 6.59. The van der Waals surface area contributed by atoms with Crippen molar-refractivity contribution in [3.63, 3.8) is 0 Å². The van der Waals surface area contributed by atoms with Crippen LogP contribution in [0.4, 0.5) is 4.79 Å². The summed E-state index contributed by atoms with van der Waals surface area (Å²) in [6, 6.07) is 8.10. The van der Waals surface area contributed by atoms with Crippen LogP contribution in [-0.2, 0) is 29.6 Å². The van der Waals surface area contributed by atoms with Gasteiger partial charge in [0.05, 0.1) is 6.20 Å². The predicted octanol–water partition coefficient (Wildman–Crippen LogP) is 1.34. The van der Waals surface area contributed by atoms with E-state index in [1.54, 1.807) is 24.1 Å². The van der Waals surface area contributed by atoms with Gasteiger partial charge in [0, 0.05) is 19.7 Å². The summed E-state index contributed by atoms with van der Waals surface area (Å²) in [4.78, 5) is 22.9. The van der Waals surface area contributed by atoms with Crippen LogP contribution in [0.25, 0.3) is 0 Å². The Morgan fingerprint density at radius 1 is 1.32 bits per heavy atom. The molecule has 0 aliphatic rings. The molecule has 0 unspecified atom stereocenters. The minimum atomic E-state index is -1.12. The molecule has 0 bridgehead atoms. The van der Waals surface area contributed by atoms with E-state index in [1.807, 2.05) is 30.3 Å². The summed E-state index contributed by atoms with van der Waals surface area (Å²) in [7, 11) is 1.74. The summed E-state index contributed by atoms with van der Waals surface area (Å²) >= 11 is 0. The van der Waals surface area contributed by atoms with Crippen LogP contribution < -0.4 is 5.32 Å². The van der Waals surface area contributed by atoms with Crippen LogP contribution in [-0.4, -0.2) is 33.0 Å². The number of aromatic nitrogens is 2. The minimum Gasteiger partial charge on any atom is -0.480 e. The maximum Gasteiger partial charge on any atom is 0.408 e. The van der Waals surface area contributed by atoms with Gasteiger partial charge in [0.2, 0.25) is 0 Å². The molecule has 0 spiro atoms. The Hall–Kier alpha value is -2.83. The largest absolute Gasteiger partial charge is 0.480 e. The summed E-state index contributed by atoms with van der Waals surface area (Å²) in [6.45, 7) is 0.0892. The maximum absolute atomic E-state index is 11.7. The molecule has 0 saturated heterocycles. The first-order chi connectivity index (χ1) is 10.5. The normalized spacial score (nSPS) is 11.7. The molecule has 2 N–H and O–H groups in total. The highest BCUT2D eigenvalue weighted by Gasteiger charge is 2.21. The zero-order valence-corrected chi connectivity index (χ0v) is 12.1. The number of hydrogen-bond acceptors (Lipinski definition) is 4. The number of benzene rings is 1. The standard InChI is InChI=1S/C15H17N3O4/c1-18-9-12(8-16-18)7-13(14(19)20)17-15(21)22-10-11-5-3-2-4-6-11/h2-6,8-9,13H,7,10H2,1H3,(H,17,21)(H,19,20)/t13-/m1/s1. The number of nitrogens with one attached hydrogen (secondary N) is 1. The third-order valence-electron chi connectivity index (χ3n) is 3.00. The van der Waals surface area contributed by atoms with Crippen molar-refractivity contribution < 1.29 is 19.4 Å². The fraction of sp³-hybridized carbons (Fsp3) is 0.267. The van der Waals surface area contributed by atoms with E-state index in [0.717, 1.165) is 11.1 Å². The first kappa shape index (κ1) is 15.6. The van der Waals surface area contributed by atoms with Crippen molar-refractivity contribution in [2.24, 2.45) is 7.05 Å². The molecule has 0 saturated carbocycles. The fourth-order valence-electron chi connectivity index (χ4n) is 1.92. The van der Waals surface area contributed by atoms with Crippen LogP contribution in [0.1, 0.15) is 11.1 Å². The second-order valence-corrected chi connectivity index (χ2v) is 4.82. The molecule has 1 aromatic carbocycles. The number of carboxylic acids is 1. The lowest BCUT2D eigenvalue weighted by Gasteiger charge is -2.13. The van der Waals surface area contributed by atoms with Gasteiger partial charge in [-0.3, -0.25) is 4.68 Å². The predicted molar refractivity (Wildman–Crippen MR) is 78.1 cm³/mol. The van der Waals surface area contributed by atoms with E-state index < -0.39 is 18.1 Å². The summed E-state index contributed by atoms with van der Waals surface area (Å²) in [6.07, 6.45) is 2.64. The quantitative estimate of drug-likeness (QED) is 0.840. The number of amides is 1. The first-order valence-corrected chi connectivity index (χ1v) is 6.72. The van der Waals surface area contributed by atoms with Crippen LogP contribution in [0.2, 0.25) is 0 Å². The molecule has 0 aliphatic heterocycles. The van der Waals surface area contributed by atoms with Crippen LogP contribution in [0.5, 0.6) is 0 Å². The van der Waals surface area contributed by atoms with E-state index in [4.69, 9.17) is 4.74 Å². The Morgan fingerprint density at radius 3 is 2.64 bits per heavy atom. The number of nitrogens with zero attached hydrogens (tertiary/aromatic N) is 2. The van der Waals surface area contributed by atoms with Gasteiger partial charge in [-0.1, -0.05) is 30.3 Å². The number of rotatable bonds is 6. The van der Waals surface area contributed by atoms with Crippen molar-refractivity contribution in [2.45, 2.75) is 19.1 Å². The van der Waals surface area contributed by atoms with Gasteiger partial charge in [0.15, 0.2) is 0 Å². The third-order valence-corrected chi connectivity index (χ3v) is 3.00. The van der Waals surface area contributed by atoms with Gasteiger partial charge in [-0.05, 0) is 11.1 Å². The zero-order chi connectivity index (χ0) is 15.9. The van der Waals surface area contributed by atoms with Crippen molar-refractivity contribution in [1.29, 1.82) is 0 Å². The van der Waals surface area contributed by atoms with Crippen LogP contribution >= 0.6 is 0 Å². The molecule has 1 heterocycles. The lowest BCUT2D eigenvalue weighted by Crippen LogP contribution is -2.42. The van der Waals surface area contributed by atoms with E-state index in [0.29, 0.717) is 0 Å². The van der Waals surface area contributed by atoms with E-state index in [-0.39, 0.29) is 13.0 Å². The molecule has 7 heteroatoms. The monoisotopic (exact) mass is 303 g/mol. The van der Waals surface area contributed by atoms with Crippen molar-refractivity contribution in [2.75, 3.05) is 0 Å². The molecule has 22 heavy (non-hydrogen) atoms. The molecular formula is C15H17N3O4. The Morgan fingerprint density at radius 2 is 2.05 bits per heavy atom. The van der Waals surface area contributed by atoms with Crippen LogP contribution in [0.3, 0.4) is 0 Å². The molecule has 0 aliphatic carbocycles. The number of hydrogen-bond donors (Lipinski definition) is 2. The number of carboxylic acid groups (broad SMARTS) is 1. The first-order valence-electron chi connectivity index (χ1n) is 6.72. The lowest BCUT2D eigenvalue weighted by atomic mass is 10.1. The average Bonchev–Trinajstić information content (AvgIpc) is 2.91. The van der Waals surface area contributed by atoms with Gasteiger partial charge in [-0.2, -0.15) is 5.10 Å². The molecule has 2 rings (SSSR count). The van der Waals surface area contributed by atoms with Crippen LogP contribution in [0.15, 0.2) is 42.7 Å². The molecule has 116 valence electrons. The number of aryl methyl sites for hydroxylation is 1. The fourth-order valence-corrected chi connectivity index (χ4v) is 1.92.